The van der Waals surface area contributed by atoms with Crippen molar-refractivity contribution >= 4 is 11.4 Å². The zero-order chi connectivity index (χ0) is 21.6. The van der Waals surface area contributed by atoms with Gasteiger partial charge in [-0.05, 0) is 54.7 Å². The van der Waals surface area contributed by atoms with Crippen molar-refractivity contribution in [2.24, 2.45) is 5.41 Å². The van der Waals surface area contributed by atoms with E-state index in [1.807, 2.05) is 19.1 Å². The lowest BCUT2D eigenvalue weighted by Gasteiger charge is -2.50. The molecule has 0 radical (unpaired) electrons. The second kappa shape index (κ2) is 7.12. The monoisotopic (exact) mass is 414 g/mol. The van der Waals surface area contributed by atoms with Crippen LogP contribution in [0, 0.1) is 15.5 Å². The van der Waals surface area contributed by atoms with Crippen LogP contribution in [0.5, 0.6) is 5.75 Å². The molecular formula is C26H26N2O3. The van der Waals surface area contributed by atoms with Crippen molar-refractivity contribution in [2.45, 2.75) is 38.1 Å². The fraction of sp³-hybridized carbons (Fsp3) is 0.308. The van der Waals surface area contributed by atoms with E-state index in [2.05, 4.69) is 60.8 Å². The van der Waals surface area contributed by atoms with E-state index in [0.29, 0.717) is 6.61 Å². The molecule has 2 aliphatic rings. The SMILES string of the molecule is CCOc1ccc([C@]2(C)c3ccccc3N[C@H](c3ccc([N+](=O)[O-])cc3)C23CC3)cc1. The smallest absolute Gasteiger partial charge is 0.269 e. The van der Waals surface area contributed by atoms with E-state index in [-0.39, 0.29) is 27.5 Å². The average Bonchev–Trinajstić information content (AvgIpc) is 3.59. The molecule has 0 unspecified atom stereocenters. The Morgan fingerprint density at radius 1 is 1.03 bits per heavy atom. The molecule has 1 spiro atoms. The zero-order valence-corrected chi connectivity index (χ0v) is 17.8. The maximum Gasteiger partial charge on any atom is 0.269 e. The third kappa shape index (κ3) is 2.91. The van der Waals surface area contributed by atoms with Crippen molar-refractivity contribution in [3.8, 4) is 5.75 Å². The van der Waals surface area contributed by atoms with Crippen LogP contribution in [0.4, 0.5) is 11.4 Å². The zero-order valence-electron chi connectivity index (χ0n) is 17.8. The number of hydrogen-bond donors (Lipinski definition) is 1. The molecule has 1 fully saturated rings. The lowest BCUT2D eigenvalue weighted by molar-refractivity contribution is -0.384. The van der Waals surface area contributed by atoms with Gasteiger partial charge in [0.15, 0.2) is 0 Å². The first-order chi connectivity index (χ1) is 15.0. The Balaban J connectivity index is 1.64. The molecule has 1 saturated carbocycles. The lowest BCUT2D eigenvalue weighted by atomic mass is 9.59. The molecule has 31 heavy (non-hydrogen) atoms. The summed E-state index contributed by atoms with van der Waals surface area (Å²) in [6.07, 6.45) is 2.19. The van der Waals surface area contributed by atoms with E-state index in [0.717, 1.165) is 29.8 Å². The Morgan fingerprint density at radius 3 is 2.32 bits per heavy atom. The number of non-ortho nitro benzene ring substituents is 1. The third-order valence-electron chi connectivity index (χ3n) is 7.28. The number of anilines is 1. The van der Waals surface area contributed by atoms with Gasteiger partial charge in [0, 0.05) is 28.7 Å². The van der Waals surface area contributed by atoms with Crippen LogP contribution in [0.15, 0.2) is 72.8 Å². The van der Waals surface area contributed by atoms with Gasteiger partial charge in [-0.15, -0.1) is 0 Å². The van der Waals surface area contributed by atoms with Crippen LogP contribution in [0.3, 0.4) is 0 Å². The molecule has 1 aliphatic carbocycles. The molecule has 5 nitrogen and oxygen atoms in total. The summed E-state index contributed by atoms with van der Waals surface area (Å²) in [6.45, 7) is 5.00. The number of fused-ring (bicyclic) bond motifs is 1. The first-order valence-corrected chi connectivity index (χ1v) is 10.8. The van der Waals surface area contributed by atoms with Gasteiger partial charge in [-0.1, -0.05) is 49.4 Å². The quantitative estimate of drug-likeness (QED) is 0.396. The number of nitro groups is 1. The van der Waals surface area contributed by atoms with Crippen LogP contribution in [0.1, 0.15) is 49.4 Å². The fourth-order valence-corrected chi connectivity index (χ4v) is 5.50. The number of para-hydroxylation sites is 1. The minimum Gasteiger partial charge on any atom is -0.494 e. The molecule has 1 aliphatic heterocycles. The normalized spacial score (nSPS) is 23.0. The summed E-state index contributed by atoms with van der Waals surface area (Å²) in [6, 6.07) is 24.2. The maximum atomic E-state index is 11.1. The highest BCUT2D eigenvalue weighted by molar-refractivity contribution is 5.65. The van der Waals surface area contributed by atoms with E-state index in [1.54, 1.807) is 12.1 Å². The summed E-state index contributed by atoms with van der Waals surface area (Å²) < 4.78 is 5.67. The van der Waals surface area contributed by atoms with Crippen molar-refractivity contribution in [3.05, 3.63) is 99.6 Å². The summed E-state index contributed by atoms with van der Waals surface area (Å²) in [7, 11) is 0. The minimum absolute atomic E-state index is 0.00458. The Morgan fingerprint density at radius 2 is 1.71 bits per heavy atom. The highest BCUT2D eigenvalue weighted by atomic mass is 16.6. The molecule has 5 rings (SSSR count). The molecular weight excluding hydrogens is 388 g/mol. The summed E-state index contributed by atoms with van der Waals surface area (Å²) in [4.78, 5) is 10.8. The van der Waals surface area contributed by atoms with Gasteiger partial charge in [-0.25, -0.2) is 0 Å². The van der Waals surface area contributed by atoms with Crippen LogP contribution >= 0.6 is 0 Å². The molecule has 1 heterocycles. The highest BCUT2D eigenvalue weighted by Gasteiger charge is 2.65. The molecule has 158 valence electrons. The fourth-order valence-electron chi connectivity index (χ4n) is 5.50. The van der Waals surface area contributed by atoms with Gasteiger partial charge in [-0.2, -0.15) is 0 Å². The van der Waals surface area contributed by atoms with Crippen LogP contribution in [0.25, 0.3) is 0 Å². The average molecular weight is 415 g/mol. The maximum absolute atomic E-state index is 11.1. The van der Waals surface area contributed by atoms with Crippen molar-refractivity contribution in [1.82, 2.24) is 0 Å². The van der Waals surface area contributed by atoms with E-state index in [1.165, 1.54) is 11.1 Å². The Hall–Kier alpha value is -3.34. The van der Waals surface area contributed by atoms with Crippen LogP contribution in [0.2, 0.25) is 0 Å². The van der Waals surface area contributed by atoms with Crippen LogP contribution in [-0.4, -0.2) is 11.5 Å². The van der Waals surface area contributed by atoms with E-state index in [9.17, 15) is 10.1 Å². The number of hydrogen-bond acceptors (Lipinski definition) is 4. The number of ether oxygens (including phenoxy) is 1. The topological polar surface area (TPSA) is 64.4 Å². The molecule has 1 N–H and O–H groups in total. The summed E-state index contributed by atoms with van der Waals surface area (Å²) in [5.74, 6) is 0.883. The second-order valence-electron chi connectivity index (χ2n) is 8.71. The molecule has 3 aromatic carbocycles. The molecule has 0 bridgehead atoms. The van der Waals surface area contributed by atoms with Crippen molar-refractivity contribution in [3.63, 3.8) is 0 Å². The molecule has 0 aromatic heterocycles. The number of nitrogens with one attached hydrogen (secondary N) is 1. The molecule has 5 heteroatoms. The molecule has 0 amide bonds. The van der Waals surface area contributed by atoms with E-state index >= 15 is 0 Å². The van der Waals surface area contributed by atoms with Crippen LogP contribution in [-0.2, 0) is 5.41 Å². The van der Waals surface area contributed by atoms with Crippen molar-refractivity contribution in [2.75, 3.05) is 11.9 Å². The molecule has 2 atom stereocenters. The first kappa shape index (κ1) is 19.6. The van der Waals surface area contributed by atoms with Gasteiger partial charge in [-0.3, -0.25) is 10.1 Å². The summed E-state index contributed by atoms with van der Waals surface area (Å²) >= 11 is 0. The minimum atomic E-state index is -0.343. The van der Waals surface area contributed by atoms with E-state index < -0.39 is 0 Å². The molecule has 0 saturated heterocycles. The summed E-state index contributed by atoms with van der Waals surface area (Å²) in [5.41, 5.74) is 4.73. The van der Waals surface area contributed by atoms with Crippen molar-refractivity contribution < 1.29 is 9.66 Å². The Kier molecular flexibility index (Phi) is 4.50. The second-order valence-corrected chi connectivity index (χ2v) is 8.71. The Bertz CT molecular complexity index is 1120. The number of rotatable bonds is 5. The third-order valence-corrected chi connectivity index (χ3v) is 7.28. The predicted molar refractivity (Wildman–Crippen MR) is 122 cm³/mol. The molecule has 3 aromatic rings. The Labute approximate surface area is 182 Å². The van der Waals surface area contributed by atoms with Gasteiger partial charge in [0.1, 0.15) is 5.75 Å². The van der Waals surface area contributed by atoms with Crippen LogP contribution < -0.4 is 10.1 Å². The van der Waals surface area contributed by atoms with Gasteiger partial charge >= 0.3 is 0 Å². The van der Waals surface area contributed by atoms with Crippen molar-refractivity contribution in [1.29, 1.82) is 0 Å². The predicted octanol–water partition coefficient (Wildman–Crippen LogP) is 6.25. The highest BCUT2D eigenvalue weighted by Crippen LogP contribution is 2.71. The van der Waals surface area contributed by atoms with Gasteiger partial charge < -0.3 is 10.1 Å². The number of benzene rings is 3. The van der Waals surface area contributed by atoms with Gasteiger partial charge in [0.2, 0.25) is 0 Å². The van der Waals surface area contributed by atoms with Gasteiger partial charge in [0.25, 0.3) is 5.69 Å². The lowest BCUT2D eigenvalue weighted by Crippen LogP contribution is -2.45. The van der Waals surface area contributed by atoms with Gasteiger partial charge in [0.05, 0.1) is 17.6 Å². The standard InChI is InChI=1S/C26H26N2O3/c1-3-31-21-14-10-19(11-15-21)25(2)22-6-4-5-7-23(22)27-24(26(25)16-17-26)18-8-12-20(13-9-18)28(29)30/h4-15,24,27H,3,16-17H2,1-2H3/t24-,25-/m1/s1. The van der Waals surface area contributed by atoms with E-state index in [4.69, 9.17) is 4.74 Å². The summed E-state index contributed by atoms with van der Waals surface area (Å²) in [5, 5.41) is 14.9. The number of nitro benzene ring substituents is 1. The number of nitrogens with zero attached hydrogens (tertiary/aromatic N) is 1. The first-order valence-electron chi connectivity index (χ1n) is 10.8. The largest absolute Gasteiger partial charge is 0.494 e.